The van der Waals surface area contributed by atoms with E-state index < -0.39 is 45.5 Å². The summed E-state index contributed by atoms with van der Waals surface area (Å²) < 4.78 is 13.2. The summed E-state index contributed by atoms with van der Waals surface area (Å²) in [6.45, 7) is 46.4. The molecule has 0 bridgehead atoms. The predicted octanol–water partition coefficient (Wildman–Crippen LogP) is 29.5. The third kappa shape index (κ3) is 32.5. The number of fused-ring (bicyclic) bond motifs is 3. The van der Waals surface area contributed by atoms with Gasteiger partial charge in [-0.1, -0.05) is 204 Å². The SMILES string of the molecule is C=CCCCC[Si](C)(C)Oc1c(C)cc2cc(C)c[c-]2c1C.C[Si](C)(Cl)CCCCCc1ccc[cH-]1.C[Si](C)(Cl)CCC[c-]1ccc2ccccc21.C[Si](C)(Cl)CCCc1ccc[cH-]1.C[Si](Cl)(Cl)CCCc1ccc[cH-]1.Cc1cc2cc(C)c(O[Si](C)(C)C(C)(C)C)c(C)[c-]2c1. The Morgan fingerprint density at radius 2 is 0.917 bits per heavy atom. The Hall–Kier alpha value is -3.37. The maximum absolute atomic E-state index is 6.58. The molecule has 13 heteroatoms. The lowest BCUT2D eigenvalue weighted by Gasteiger charge is -2.39. The molecule has 9 aromatic carbocycles. The van der Waals surface area contributed by atoms with Gasteiger partial charge in [0.1, 0.15) is 14.8 Å². The fourth-order valence-electron chi connectivity index (χ4n) is 11.8. The van der Waals surface area contributed by atoms with Gasteiger partial charge in [-0.2, -0.15) is 92.4 Å². The van der Waals surface area contributed by atoms with Crippen LogP contribution in [-0.2, 0) is 25.7 Å². The number of hydrogen-bond acceptors (Lipinski definition) is 2. The van der Waals surface area contributed by atoms with E-state index in [0.29, 0.717) is 0 Å². The molecule has 0 aliphatic carbocycles. The summed E-state index contributed by atoms with van der Waals surface area (Å²) in [5.41, 5.74) is 13.6. The highest BCUT2D eigenvalue weighted by Gasteiger charge is 2.38. The fraction of sp³-hybridized carbons (Fsp3) is 0.470. The molecule has 9 rings (SSSR count). The molecule has 0 aliphatic rings. The molecule has 0 saturated heterocycles. The van der Waals surface area contributed by atoms with Crippen LogP contribution in [0.1, 0.15) is 134 Å². The van der Waals surface area contributed by atoms with Crippen molar-refractivity contribution in [2.75, 3.05) is 0 Å². The molecule has 0 aromatic heterocycles. The molecule has 0 amide bonds. The molecule has 0 atom stereocenters. The van der Waals surface area contributed by atoms with E-state index in [0.717, 1.165) is 43.2 Å². The number of aryl methyl sites for hydroxylation is 10. The van der Waals surface area contributed by atoms with Crippen LogP contribution in [0.15, 0.2) is 158 Å². The Labute approximate surface area is 615 Å². The minimum atomic E-state index is -1.85. The van der Waals surface area contributed by atoms with Crippen LogP contribution < -0.4 is 8.85 Å². The molecule has 0 N–H and O–H groups in total. The molecule has 0 radical (unpaired) electrons. The normalized spacial score (nSPS) is 12.2. The van der Waals surface area contributed by atoms with E-state index in [2.05, 4.69) is 280 Å². The van der Waals surface area contributed by atoms with Gasteiger partial charge in [0.2, 0.25) is 23.3 Å². The maximum atomic E-state index is 6.58. The van der Waals surface area contributed by atoms with Crippen LogP contribution in [0.25, 0.3) is 32.3 Å². The van der Waals surface area contributed by atoms with Crippen molar-refractivity contribution >= 4 is 133 Å². The first kappa shape index (κ1) is 85.0. The highest BCUT2D eigenvalue weighted by Crippen LogP contribution is 2.42. The van der Waals surface area contributed by atoms with Gasteiger partial charge >= 0.3 is 0 Å². The van der Waals surface area contributed by atoms with E-state index in [1.54, 1.807) is 0 Å². The Morgan fingerprint density at radius 3 is 1.36 bits per heavy atom. The van der Waals surface area contributed by atoms with Gasteiger partial charge in [0.15, 0.2) is 7.38 Å². The Kier molecular flexibility index (Phi) is 35.2. The average Bonchev–Trinajstić information content (AvgIpc) is 1.40. The van der Waals surface area contributed by atoms with Crippen LogP contribution in [0.5, 0.6) is 11.5 Å². The molecule has 9 aromatic rings. The molecule has 0 spiro atoms. The fourth-order valence-corrected chi connectivity index (χ4v) is 20.9. The van der Waals surface area contributed by atoms with Crippen molar-refractivity contribution in [1.82, 2.24) is 0 Å². The van der Waals surface area contributed by atoms with E-state index in [1.165, 1.54) is 170 Å². The molecule has 96 heavy (non-hydrogen) atoms. The van der Waals surface area contributed by atoms with Gasteiger partial charge in [-0.15, -0.1) is 128 Å². The molecule has 532 valence electrons. The van der Waals surface area contributed by atoms with Crippen molar-refractivity contribution in [2.24, 2.45) is 0 Å². The lowest BCUT2D eigenvalue weighted by molar-refractivity contribution is 0.487. The molecule has 2 nitrogen and oxygen atoms in total. The second-order valence-electron chi connectivity index (χ2n) is 31.3. The van der Waals surface area contributed by atoms with Crippen molar-refractivity contribution < 1.29 is 8.85 Å². The lowest BCUT2D eigenvalue weighted by Crippen LogP contribution is -2.44. The van der Waals surface area contributed by atoms with E-state index in [9.17, 15) is 0 Å². The Balaban J connectivity index is 0.000000249. The molecule has 0 unspecified atom stereocenters. The number of halogens is 5. The molecular weight excluding hydrogens is 1370 g/mol. The van der Waals surface area contributed by atoms with Crippen LogP contribution in [0.2, 0.25) is 107 Å². The summed E-state index contributed by atoms with van der Waals surface area (Å²) in [4.78, 5) is 0. The highest BCUT2D eigenvalue weighted by molar-refractivity contribution is 7.44. The number of rotatable bonds is 27. The number of hydrogen-bond donors (Lipinski definition) is 0. The lowest BCUT2D eigenvalue weighted by atomic mass is 10.1. The van der Waals surface area contributed by atoms with E-state index in [4.69, 9.17) is 64.2 Å². The maximum Gasteiger partial charge on any atom is 0.248 e. The van der Waals surface area contributed by atoms with Gasteiger partial charge in [-0.25, -0.2) is 36.4 Å². The standard InChI is InChI=1S/C20H29OSi.C18H27OSi.C14H18ClSi.C12H20ClSi.C10H16ClSi.C9H13Cl2Si/c1-7-8-9-10-11-22(5,6)21-20-16(3)14-18-12-15(2)13-19(18)17(20)4;1-12-9-15-11-13(2)17(14(3)16(15)10-12)19-20(7,8)18(4,5)6;1-16(2,15)11-5-7-13-10-9-12-6-3-4-8-14(12)13;1-14(2,13)11-7-3-4-8-12-9-5-6-10-12;1-12(2,11)9-5-8-10-6-3-4-7-10;1-12(10,11)8-4-7-9-5-2-3-6-9/h7,12-14H,1,8-11H2,2-6H3;9-11H,1-8H3;3-4,6,8-10H,5,7,11H2,1-2H3;5-6,9-10H,3-4,7-8,11H2,1-2H3;3-4,6-7H,5,8-9H2,1-2H3;2-3,5-6H,4,7-8H2,1H3/q6*-1. The second kappa shape index (κ2) is 39.7. The van der Waals surface area contributed by atoms with E-state index >= 15 is 0 Å². The molecule has 0 aliphatic heterocycles. The summed E-state index contributed by atoms with van der Waals surface area (Å²) in [6, 6.07) is 58.2. The molecule has 0 heterocycles. The van der Waals surface area contributed by atoms with Gasteiger partial charge in [0.25, 0.3) is 0 Å². The van der Waals surface area contributed by atoms with E-state index in [-0.39, 0.29) is 5.04 Å². The van der Waals surface area contributed by atoms with Gasteiger partial charge in [-0.05, 0) is 94.7 Å². The van der Waals surface area contributed by atoms with Crippen molar-refractivity contribution in [3.8, 4) is 11.5 Å². The minimum Gasteiger partial charge on any atom is -0.578 e. The van der Waals surface area contributed by atoms with E-state index in [1.807, 2.05) is 12.6 Å². The van der Waals surface area contributed by atoms with Gasteiger partial charge in [0, 0.05) is 11.5 Å². The molecule has 0 saturated carbocycles. The Morgan fingerprint density at radius 1 is 0.479 bits per heavy atom. The van der Waals surface area contributed by atoms with Crippen LogP contribution in [0, 0.1) is 41.5 Å². The number of unbranched alkanes of at least 4 members (excludes halogenated alkanes) is 4. The van der Waals surface area contributed by atoms with Gasteiger partial charge < -0.3 is 8.85 Å². The number of benzene rings is 3. The summed E-state index contributed by atoms with van der Waals surface area (Å²) in [6.07, 6.45) is 17.8. The summed E-state index contributed by atoms with van der Waals surface area (Å²) in [5.74, 6) is 2.23. The second-order valence-corrected chi connectivity index (χ2v) is 69.5. The Bertz CT molecular complexity index is 3570. The first-order valence-electron chi connectivity index (χ1n) is 35.7. The third-order valence-electron chi connectivity index (χ3n) is 18.3. The predicted molar refractivity (Wildman–Crippen MR) is 453 cm³/mol. The first-order valence-corrected chi connectivity index (χ1v) is 59.1. The zero-order chi connectivity index (χ0) is 71.7. The summed E-state index contributed by atoms with van der Waals surface area (Å²) >= 11 is 30.7. The number of allylic oxidation sites excluding steroid dienone is 1. The molecular formula is C83H123Cl5O2Si6-6. The zero-order valence-corrected chi connectivity index (χ0v) is 72.9. The topological polar surface area (TPSA) is 18.5 Å². The average molecular weight is 1500 g/mol. The van der Waals surface area contributed by atoms with Crippen molar-refractivity contribution in [3.05, 3.63) is 214 Å². The van der Waals surface area contributed by atoms with Crippen molar-refractivity contribution in [3.63, 3.8) is 0 Å². The highest BCUT2D eigenvalue weighted by atomic mass is 35.7. The largest absolute Gasteiger partial charge is 0.578 e. The first-order chi connectivity index (χ1) is 44.7. The van der Waals surface area contributed by atoms with Crippen LogP contribution in [0.4, 0.5) is 0 Å². The van der Waals surface area contributed by atoms with Gasteiger partial charge in [0.05, 0.1) is 0 Å². The van der Waals surface area contributed by atoms with Crippen LogP contribution in [0.3, 0.4) is 0 Å². The van der Waals surface area contributed by atoms with Crippen molar-refractivity contribution in [2.45, 2.75) is 253 Å². The quantitative estimate of drug-likeness (QED) is 0.0168. The van der Waals surface area contributed by atoms with Gasteiger partial charge in [-0.3, -0.25) is 0 Å². The minimum absolute atomic E-state index is 0.225. The smallest absolute Gasteiger partial charge is 0.248 e. The van der Waals surface area contributed by atoms with Crippen molar-refractivity contribution in [1.29, 1.82) is 0 Å². The summed E-state index contributed by atoms with van der Waals surface area (Å²) in [7, 11) is -7.47. The monoisotopic (exact) mass is 1490 g/mol. The van der Waals surface area contributed by atoms with Crippen LogP contribution in [-0.4, -0.2) is 45.5 Å². The zero-order valence-electron chi connectivity index (χ0n) is 63.1. The summed E-state index contributed by atoms with van der Waals surface area (Å²) in [5, 5.41) is 8.35. The molecule has 0 fully saturated rings. The van der Waals surface area contributed by atoms with Crippen LogP contribution >= 0.6 is 55.4 Å². The third-order valence-corrected chi connectivity index (χ3v) is 33.6.